The summed E-state index contributed by atoms with van der Waals surface area (Å²) >= 11 is 5.77. The molecule has 0 saturated heterocycles. The maximum absolute atomic E-state index is 12.2. The molecule has 0 bridgehead atoms. The number of carbonyl (C=O) groups excluding carboxylic acids is 2. The zero-order valence-electron chi connectivity index (χ0n) is 11.2. The second-order valence-electron chi connectivity index (χ2n) is 5.14. The molecule has 0 aliphatic carbocycles. The van der Waals surface area contributed by atoms with E-state index in [4.69, 9.17) is 21.8 Å². The molecule has 0 aliphatic rings. The summed E-state index contributed by atoms with van der Waals surface area (Å²) in [5.41, 5.74) is 5.29. The van der Waals surface area contributed by atoms with Crippen molar-refractivity contribution in [2.24, 2.45) is 11.1 Å². The molecule has 2 rings (SSSR count). The molecule has 2 aromatic rings. The summed E-state index contributed by atoms with van der Waals surface area (Å²) in [5.74, 6) is -0.952. The van der Waals surface area contributed by atoms with Crippen LogP contribution in [0.25, 0.3) is 11.0 Å². The molecular weight excluding hydrogens is 280 g/mol. The molecule has 106 valence electrons. The van der Waals surface area contributed by atoms with Crippen molar-refractivity contribution in [3.63, 3.8) is 0 Å². The van der Waals surface area contributed by atoms with E-state index in [1.807, 2.05) is 0 Å². The molecule has 0 spiro atoms. The number of anilines is 1. The average molecular weight is 295 g/mol. The minimum atomic E-state index is -0.769. The summed E-state index contributed by atoms with van der Waals surface area (Å²) in [6, 6.07) is 6.99. The van der Waals surface area contributed by atoms with Gasteiger partial charge in [-0.1, -0.05) is 12.1 Å². The van der Waals surface area contributed by atoms with Crippen molar-refractivity contribution in [1.82, 2.24) is 0 Å². The Kier molecular flexibility index (Phi) is 3.72. The molecule has 0 fully saturated rings. The van der Waals surface area contributed by atoms with E-state index in [0.29, 0.717) is 11.0 Å². The smallest absolute Gasteiger partial charge is 0.286 e. The Morgan fingerprint density at radius 2 is 2.00 bits per heavy atom. The first kappa shape index (κ1) is 14.4. The summed E-state index contributed by atoms with van der Waals surface area (Å²) in [5, 5.41) is 3.31. The highest BCUT2D eigenvalue weighted by molar-refractivity contribution is 6.21. The predicted molar refractivity (Wildman–Crippen MR) is 77.9 cm³/mol. The topological polar surface area (TPSA) is 85.3 Å². The van der Waals surface area contributed by atoms with Crippen molar-refractivity contribution < 1.29 is 14.0 Å². The molecule has 6 heteroatoms. The largest absolute Gasteiger partial charge is 0.449 e. The van der Waals surface area contributed by atoms with Gasteiger partial charge in [-0.3, -0.25) is 9.59 Å². The third-order valence-electron chi connectivity index (χ3n) is 3.01. The number of nitrogens with two attached hydrogens (primary N) is 1. The zero-order chi connectivity index (χ0) is 14.9. The van der Waals surface area contributed by atoms with E-state index >= 15 is 0 Å². The van der Waals surface area contributed by atoms with Crippen LogP contribution in [0.1, 0.15) is 24.4 Å². The van der Waals surface area contributed by atoms with Gasteiger partial charge in [0.2, 0.25) is 11.7 Å². The van der Waals surface area contributed by atoms with Gasteiger partial charge in [0.15, 0.2) is 0 Å². The fourth-order valence-corrected chi connectivity index (χ4v) is 1.81. The maximum Gasteiger partial charge on any atom is 0.286 e. The second-order valence-corrected chi connectivity index (χ2v) is 5.41. The fraction of sp³-hybridized carbons (Fsp3) is 0.286. The molecule has 0 unspecified atom stereocenters. The van der Waals surface area contributed by atoms with Crippen LogP contribution in [0.15, 0.2) is 28.7 Å². The number of rotatable bonds is 4. The molecule has 1 aromatic carbocycles. The van der Waals surface area contributed by atoms with Crippen LogP contribution in [0.4, 0.5) is 5.69 Å². The third-order valence-corrected chi connectivity index (χ3v) is 3.67. The van der Waals surface area contributed by atoms with Crippen LogP contribution in [-0.2, 0) is 4.79 Å². The van der Waals surface area contributed by atoms with Crippen LogP contribution >= 0.6 is 11.6 Å². The molecule has 1 heterocycles. The normalized spacial score (nSPS) is 11.6. The van der Waals surface area contributed by atoms with Gasteiger partial charge in [-0.2, -0.15) is 0 Å². The van der Waals surface area contributed by atoms with Gasteiger partial charge in [-0.05, 0) is 26.0 Å². The minimum absolute atomic E-state index is 0.0649. The van der Waals surface area contributed by atoms with Crippen molar-refractivity contribution >= 4 is 40.1 Å². The SMILES string of the molecule is CC(C)(CCl)C(=O)Nc1c(C(N)=O)oc2ccccc12. The van der Waals surface area contributed by atoms with E-state index in [9.17, 15) is 9.59 Å². The lowest BCUT2D eigenvalue weighted by Gasteiger charge is -2.20. The van der Waals surface area contributed by atoms with Crippen molar-refractivity contribution in [1.29, 1.82) is 0 Å². The van der Waals surface area contributed by atoms with E-state index in [1.165, 1.54) is 0 Å². The molecule has 1 aromatic heterocycles. The number of halogens is 1. The number of para-hydroxylation sites is 1. The lowest BCUT2D eigenvalue weighted by molar-refractivity contribution is -0.122. The van der Waals surface area contributed by atoms with E-state index in [0.717, 1.165) is 0 Å². The van der Waals surface area contributed by atoms with Crippen molar-refractivity contribution in [3.05, 3.63) is 30.0 Å². The molecular formula is C14H15ClN2O3. The molecule has 20 heavy (non-hydrogen) atoms. The lowest BCUT2D eigenvalue weighted by atomic mass is 9.95. The van der Waals surface area contributed by atoms with E-state index in [2.05, 4.69) is 5.32 Å². The van der Waals surface area contributed by atoms with Gasteiger partial charge in [0.25, 0.3) is 5.91 Å². The summed E-state index contributed by atoms with van der Waals surface area (Å²) in [6.45, 7) is 3.42. The van der Waals surface area contributed by atoms with Crippen LogP contribution in [0, 0.1) is 5.41 Å². The van der Waals surface area contributed by atoms with E-state index in [-0.39, 0.29) is 23.2 Å². The number of fused-ring (bicyclic) bond motifs is 1. The quantitative estimate of drug-likeness (QED) is 0.850. The Morgan fingerprint density at radius 3 is 2.60 bits per heavy atom. The van der Waals surface area contributed by atoms with Crippen molar-refractivity contribution in [2.45, 2.75) is 13.8 Å². The van der Waals surface area contributed by atoms with E-state index < -0.39 is 11.3 Å². The highest BCUT2D eigenvalue weighted by atomic mass is 35.5. The Balaban J connectivity index is 2.50. The first-order chi connectivity index (χ1) is 9.36. The Bertz CT molecular complexity index is 676. The molecule has 0 aliphatic heterocycles. The van der Waals surface area contributed by atoms with Crippen LogP contribution in [0.5, 0.6) is 0 Å². The fourth-order valence-electron chi connectivity index (χ4n) is 1.69. The standard InChI is InChI=1S/C14H15ClN2O3/c1-14(2,7-15)13(19)17-10-8-5-3-4-6-9(8)20-11(10)12(16)18/h3-6H,7H2,1-2H3,(H2,16,18)(H,17,19). The molecule has 0 saturated carbocycles. The summed E-state index contributed by atoms with van der Waals surface area (Å²) in [6.07, 6.45) is 0. The number of alkyl halides is 1. The molecule has 5 nitrogen and oxygen atoms in total. The van der Waals surface area contributed by atoms with Gasteiger partial charge in [0.1, 0.15) is 11.3 Å². The highest BCUT2D eigenvalue weighted by Gasteiger charge is 2.29. The predicted octanol–water partition coefficient (Wildman–Crippen LogP) is 2.74. The summed E-state index contributed by atoms with van der Waals surface area (Å²) in [7, 11) is 0. The van der Waals surface area contributed by atoms with E-state index in [1.54, 1.807) is 38.1 Å². The maximum atomic E-state index is 12.2. The Morgan fingerprint density at radius 1 is 1.35 bits per heavy atom. The zero-order valence-corrected chi connectivity index (χ0v) is 12.0. The number of carbonyl (C=O) groups is 2. The van der Waals surface area contributed by atoms with Crippen molar-refractivity contribution in [3.8, 4) is 0 Å². The monoisotopic (exact) mass is 294 g/mol. The lowest BCUT2D eigenvalue weighted by Crippen LogP contribution is -2.32. The van der Waals surface area contributed by atoms with Crippen LogP contribution < -0.4 is 11.1 Å². The number of primary amides is 1. The van der Waals surface area contributed by atoms with Gasteiger partial charge >= 0.3 is 0 Å². The first-order valence-corrected chi connectivity index (χ1v) is 6.59. The summed E-state index contributed by atoms with van der Waals surface area (Å²) in [4.78, 5) is 23.6. The summed E-state index contributed by atoms with van der Waals surface area (Å²) < 4.78 is 5.39. The number of furan rings is 1. The number of nitrogens with one attached hydrogen (secondary N) is 1. The molecule has 3 N–H and O–H groups in total. The second kappa shape index (κ2) is 5.17. The Labute approximate surface area is 121 Å². The molecule has 0 radical (unpaired) electrons. The van der Waals surface area contributed by atoms with Gasteiger partial charge in [0, 0.05) is 11.3 Å². The molecule has 2 amide bonds. The van der Waals surface area contributed by atoms with Crippen LogP contribution in [-0.4, -0.2) is 17.7 Å². The Hall–Kier alpha value is -2.01. The number of amides is 2. The average Bonchev–Trinajstić information content (AvgIpc) is 2.78. The molecule has 0 atom stereocenters. The highest BCUT2D eigenvalue weighted by Crippen LogP contribution is 2.32. The van der Waals surface area contributed by atoms with Gasteiger partial charge in [-0.15, -0.1) is 11.6 Å². The van der Waals surface area contributed by atoms with Crippen molar-refractivity contribution in [2.75, 3.05) is 11.2 Å². The van der Waals surface area contributed by atoms with Gasteiger partial charge in [0.05, 0.1) is 5.41 Å². The van der Waals surface area contributed by atoms with Gasteiger partial charge in [-0.25, -0.2) is 0 Å². The number of hydrogen-bond acceptors (Lipinski definition) is 3. The van der Waals surface area contributed by atoms with Crippen LogP contribution in [0.3, 0.4) is 0 Å². The third kappa shape index (κ3) is 2.49. The van der Waals surface area contributed by atoms with Gasteiger partial charge < -0.3 is 15.5 Å². The minimum Gasteiger partial charge on any atom is -0.449 e. The first-order valence-electron chi connectivity index (χ1n) is 6.05. The van der Waals surface area contributed by atoms with Crippen LogP contribution in [0.2, 0.25) is 0 Å². The number of hydrogen-bond donors (Lipinski definition) is 2. The number of benzene rings is 1.